The number of sulfone groups is 1. The molecular weight excluding hydrogens is 276 g/mol. The summed E-state index contributed by atoms with van der Waals surface area (Å²) in [6.07, 6.45) is -0.184. The maximum Gasteiger partial charge on any atom is 0.306 e. The van der Waals surface area contributed by atoms with Crippen molar-refractivity contribution in [3.63, 3.8) is 0 Å². The second kappa shape index (κ2) is 6.65. The van der Waals surface area contributed by atoms with Gasteiger partial charge in [0.1, 0.15) is 15.7 Å². The van der Waals surface area contributed by atoms with Crippen molar-refractivity contribution >= 4 is 32.9 Å². The summed E-state index contributed by atoms with van der Waals surface area (Å²) in [7, 11) is -3.56. The van der Waals surface area contributed by atoms with Crippen LogP contribution >= 0.6 is 11.3 Å². The summed E-state index contributed by atoms with van der Waals surface area (Å²) < 4.78 is 28.3. The molecule has 0 N–H and O–H groups in total. The Hall–Kier alpha value is -1.21. The quantitative estimate of drug-likeness (QED) is 0.710. The third-order valence-corrected chi connectivity index (χ3v) is 5.23. The molecule has 0 aromatic carbocycles. The van der Waals surface area contributed by atoms with Gasteiger partial charge in [-0.05, 0) is 18.4 Å². The van der Waals surface area contributed by atoms with Gasteiger partial charge in [0.05, 0.1) is 13.0 Å². The van der Waals surface area contributed by atoms with Crippen molar-refractivity contribution < 1.29 is 22.7 Å². The lowest BCUT2D eigenvalue weighted by Gasteiger charge is -2.02. The van der Waals surface area contributed by atoms with E-state index in [0.29, 0.717) is 0 Å². The molecule has 0 spiro atoms. The molecule has 1 rings (SSSR count). The zero-order chi connectivity index (χ0) is 13.6. The highest BCUT2D eigenvalue weighted by Crippen LogP contribution is 2.17. The highest BCUT2D eigenvalue weighted by molar-refractivity contribution is 7.94. The Morgan fingerprint density at radius 1 is 1.33 bits per heavy atom. The highest BCUT2D eigenvalue weighted by Gasteiger charge is 2.20. The first-order valence-corrected chi connectivity index (χ1v) is 7.92. The van der Waals surface area contributed by atoms with Gasteiger partial charge in [0.15, 0.2) is 9.84 Å². The van der Waals surface area contributed by atoms with Crippen LogP contribution in [-0.4, -0.2) is 32.5 Å². The average molecular weight is 290 g/mol. The summed E-state index contributed by atoms with van der Waals surface area (Å²) in [6, 6.07) is 3.07. The molecule has 0 bridgehead atoms. The maximum absolute atomic E-state index is 11.7. The van der Waals surface area contributed by atoms with E-state index >= 15 is 0 Å². The molecule has 1 aromatic heterocycles. The average Bonchev–Trinajstić information content (AvgIpc) is 2.80. The van der Waals surface area contributed by atoms with Crippen LogP contribution in [0.25, 0.3) is 0 Å². The van der Waals surface area contributed by atoms with Crippen LogP contribution in [0.5, 0.6) is 0 Å². The Kier molecular flexibility index (Phi) is 5.49. The molecule has 1 heterocycles. The Balaban J connectivity index is 2.48. The number of ether oxygens (including phenoxy) is 1. The number of hydrogen-bond donors (Lipinski definition) is 0. The molecule has 7 heteroatoms. The molecule has 0 atom stereocenters. The summed E-state index contributed by atoms with van der Waals surface area (Å²) in [5.74, 6) is -1.52. The Labute approximate surface area is 110 Å². The molecule has 0 aliphatic carbocycles. The van der Waals surface area contributed by atoms with E-state index in [1.807, 2.05) is 0 Å². The van der Waals surface area contributed by atoms with E-state index in [0.717, 1.165) is 11.3 Å². The van der Waals surface area contributed by atoms with Crippen LogP contribution in [0.1, 0.15) is 19.8 Å². The maximum atomic E-state index is 11.7. The molecule has 0 radical (unpaired) electrons. The number of hydrogen-bond acceptors (Lipinski definition) is 6. The lowest BCUT2D eigenvalue weighted by Crippen LogP contribution is -2.17. The summed E-state index contributed by atoms with van der Waals surface area (Å²) in [4.78, 5) is 22.5. The van der Waals surface area contributed by atoms with Crippen LogP contribution in [0.3, 0.4) is 0 Å². The molecule has 0 saturated heterocycles. The first-order valence-electron chi connectivity index (χ1n) is 5.39. The first kappa shape index (κ1) is 14.8. The van der Waals surface area contributed by atoms with Crippen molar-refractivity contribution in [3.8, 4) is 0 Å². The summed E-state index contributed by atoms with van der Waals surface area (Å²) >= 11 is 1.07. The van der Waals surface area contributed by atoms with Crippen LogP contribution in [-0.2, 0) is 24.2 Å². The lowest BCUT2D eigenvalue weighted by molar-refractivity contribution is -0.144. The van der Waals surface area contributed by atoms with Gasteiger partial charge in [0.2, 0.25) is 0 Å². The zero-order valence-electron chi connectivity index (χ0n) is 9.92. The predicted octanol–water partition coefficient (Wildman–Crippen LogP) is 1.43. The van der Waals surface area contributed by atoms with Gasteiger partial charge in [0, 0.05) is 6.42 Å². The Morgan fingerprint density at radius 3 is 2.61 bits per heavy atom. The minimum absolute atomic E-state index is 0.0768. The molecule has 18 heavy (non-hydrogen) atoms. The minimum atomic E-state index is -3.56. The fourth-order valence-corrected chi connectivity index (χ4v) is 3.64. The summed E-state index contributed by atoms with van der Waals surface area (Å²) in [5, 5.41) is 1.63. The standard InChI is InChI=1S/C11H14O5S2/c1-2-16-10(13)6-5-9(12)8-18(14,15)11-4-3-7-17-11/h3-4,7H,2,5-6,8H2,1H3. The van der Waals surface area contributed by atoms with E-state index in [4.69, 9.17) is 0 Å². The third kappa shape index (κ3) is 4.58. The van der Waals surface area contributed by atoms with E-state index in [2.05, 4.69) is 4.74 Å². The van der Waals surface area contributed by atoms with Crippen LogP contribution in [0.2, 0.25) is 0 Å². The number of esters is 1. The Bertz CT molecular complexity index is 502. The van der Waals surface area contributed by atoms with Gasteiger partial charge in [-0.3, -0.25) is 9.59 Å². The van der Waals surface area contributed by atoms with Crippen LogP contribution in [0, 0.1) is 0 Å². The normalized spacial score (nSPS) is 11.2. The number of carbonyl (C=O) groups is 2. The summed E-state index contributed by atoms with van der Waals surface area (Å²) in [5.41, 5.74) is 0. The van der Waals surface area contributed by atoms with E-state index in [1.165, 1.54) is 6.07 Å². The van der Waals surface area contributed by atoms with Crippen molar-refractivity contribution in [1.29, 1.82) is 0 Å². The van der Waals surface area contributed by atoms with Gasteiger partial charge in [0.25, 0.3) is 0 Å². The molecule has 0 saturated carbocycles. The largest absolute Gasteiger partial charge is 0.466 e. The highest BCUT2D eigenvalue weighted by atomic mass is 32.2. The number of thiophene rings is 1. The van der Waals surface area contributed by atoms with Crippen LogP contribution < -0.4 is 0 Å². The second-order valence-corrected chi connectivity index (χ2v) is 6.70. The number of carbonyl (C=O) groups excluding carboxylic acids is 2. The molecule has 0 fully saturated rings. The second-order valence-electron chi connectivity index (χ2n) is 3.53. The third-order valence-electron chi connectivity index (χ3n) is 2.07. The number of rotatable bonds is 7. The molecular formula is C11H14O5S2. The lowest BCUT2D eigenvalue weighted by atomic mass is 10.2. The van der Waals surface area contributed by atoms with Crippen LogP contribution in [0.4, 0.5) is 0 Å². The van der Waals surface area contributed by atoms with Gasteiger partial charge in [-0.1, -0.05) is 6.07 Å². The first-order chi connectivity index (χ1) is 8.45. The van der Waals surface area contributed by atoms with E-state index < -0.39 is 27.3 Å². The van der Waals surface area contributed by atoms with Crippen molar-refractivity contribution in [2.45, 2.75) is 24.0 Å². The van der Waals surface area contributed by atoms with Crippen molar-refractivity contribution in [3.05, 3.63) is 17.5 Å². The number of Topliss-reactive ketones (excluding diaryl/α,β-unsaturated/α-hetero) is 1. The van der Waals surface area contributed by atoms with Crippen molar-refractivity contribution in [2.75, 3.05) is 12.4 Å². The number of ketones is 1. The molecule has 0 unspecified atom stereocenters. The Morgan fingerprint density at radius 2 is 2.06 bits per heavy atom. The molecule has 0 aliphatic heterocycles. The van der Waals surface area contributed by atoms with Crippen molar-refractivity contribution in [2.24, 2.45) is 0 Å². The van der Waals surface area contributed by atoms with Crippen molar-refractivity contribution in [1.82, 2.24) is 0 Å². The van der Waals surface area contributed by atoms with E-state index in [-0.39, 0.29) is 23.7 Å². The smallest absolute Gasteiger partial charge is 0.306 e. The van der Waals surface area contributed by atoms with Gasteiger partial charge in [-0.2, -0.15) is 0 Å². The van der Waals surface area contributed by atoms with Gasteiger partial charge in [-0.25, -0.2) is 8.42 Å². The fraction of sp³-hybridized carbons (Fsp3) is 0.455. The predicted molar refractivity (Wildman–Crippen MR) is 67.2 cm³/mol. The minimum Gasteiger partial charge on any atom is -0.466 e. The monoisotopic (exact) mass is 290 g/mol. The van der Waals surface area contributed by atoms with Crippen LogP contribution in [0.15, 0.2) is 21.7 Å². The van der Waals surface area contributed by atoms with E-state index in [1.54, 1.807) is 18.4 Å². The summed E-state index contributed by atoms with van der Waals surface area (Å²) in [6.45, 7) is 1.92. The topological polar surface area (TPSA) is 77.5 Å². The van der Waals surface area contributed by atoms with E-state index in [9.17, 15) is 18.0 Å². The SMILES string of the molecule is CCOC(=O)CCC(=O)CS(=O)(=O)c1cccs1. The molecule has 100 valence electrons. The van der Waals surface area contributed by atoms with Gasteiger partial charge >= 0.3 is 5.97 Å². The molecule has 0 amide bonds. The molecule has 0 aliphatic rings. The zero-order valence-corrected chi connectivity index (χ0v) is 11.6. The molecule has 1 aromatic rings. The van der Waals surface area contributed by atoms with Gasteiger partial charge < -0.3 is 4.74 Å². The fourth-order valence-electron chi connectivity index (χ4n) is 1.27. The molecule has 5 nitrogen and oxygen atoms in total. The van der Waals surface area contributed by atoms with Gasteiger partial charge in [-0.15, -0.1) is 11.3 Å².